The van der Waals surface area contributed by atoms with Gasteiger partial charge in [0.2, 0.25) is 0 Å². The van der Waals surface area contributed by atoms with E-state index in [4.69, 9.17) is 23.2 Å². The van der Waals surface area contributed by atoms with Gasteiger partial charge in [0, 0.05) is 28.5 Å². The topological polar surface area (TPSA) is 54.3 Å². The molecule has 3 amide bonds. The number of benzene rings is 1. The van der Waals surface area contributed by atoms with E-state index in [1.54, 1.807) is 24.3 Å². The van der Waals surface area contributed by atoms with Crippen molar-refractivity contribution in [1.29, 1.82) is 0 Å². The number of amides is 3. The summed E-state index contributed by atoms with van der Waals surface area (Å²) in [7, 11) is 1.90. The number of rotatable bonds is 3. The van der Waals surface area contributed by atoms with Crippen LogP contribution in [0.4, 0.5) is 4.79 Å². The minimum Gasteiger partial charge on any atom is -0.348 e. The van der Waals surface area contributed by atoms with Crippen molar-refractivity contribution in [2.24, 2.45) is 7.05 Å². The first kappa shape index (κ1) is 16.6. The number of aryl methyl sites for hydroxylation is 1. The number of hydrogen-bond acceptors (Lipinski definition) is 2. The fraction of sp³-hybridized carbons (Fsp3) is 0.176. The molecule has 2 aromatic rings. The van der Waals surface area contributed by atoms with Crippen LogP contribution < -0.4 is 5.32 Å². The van der Waals surface area contributed by atoms with Gasteiger partial charge in [-0.2, -0.15) is 0 Å². The summed E-state index contributed by atoms with van der Waals surface area (Å²) in [5, 5.41) is 3.52. The third kappa shape index (κ3) is 3.05. The van der Waals surface area contributed by atoms with Crippen molar-refractivity contribution in [1.82, 2.24) is 14.8 Å². The second kappa shape index (κ2) is 6.34. The van der Waals surface area contributed by atoms with E-state index in [2.05, 4.69) is 5.32 Å². The number of nitrogens with zero attached hydrogens (tertiary/aromatic N) is 2. The van der Waals surface area contributed by atoms with Gasteiger partial charge in [-0.15, -0.1) is 0 Å². The van der Waals surface area contributed by atoms with Crippen molar-refractivity contribution in [3.8, 4) is 0 Å². The summed E-state index contributed by atoms with van der Waals surface area (Å²) >= 11 is 12.0. The summed E-state index contributed by atoms with van der Waals surface area (Å²) in [6.45, 7) is 2.05. The van der Waals surface area contributed by atoms with E-state index >= 15 is 0 Å². The van der Waals surface area contributed by atoms with Crippen LogP contribution in [0, 0.1) is 6.92 Å². The second-order valence-corrected chi connectivity index (χ2v) is 6.42. The lowest BCUT2D eigenvalue weighted by molar-refractivity contribution is -0.123. The molecule has 2 heterocycles. The van der Waals surface area contributed by atoms with Crippen LogP contribution in [0.25, 0.3) is 6.08 Å². The Morgan fingerprint density at radius 1 is 1.17 bits per heavy atom. The molecule has 1 aromatic heterocycles. The lowest BCUT2D eigenvalue weighted by atomic mass is 10.2. The van der Waals surface area contributed by atoms with Gasteiger partial charge < -0.3 is 9.88 Å². The number of aromatic nitrogens is 1. The van der Waals surface area contributed by atoms with Crippen LogP contribution in [0.2, 0.25) is 10.0 Å². The van der Waals surface area contributed by atoms with E-state index in [1.807, 2.05) is 30.7 Å². The molecule has 5 nitrogen and oxygen atoms in total. The van der Waals surface area contributed by atoms with Gasteiger partial charge in [0.15, 0.2) is 0 Å². The molecule has 3 rings (SSSR count). The smallest absolute Gasteiger partial charge is 0.329 e. The summed E-state index contributed by atoms with van der Waals surface area (Å²) in [6.07, 6.45) is 1.66. The van der Waals surface area contributed by atoms with E-state index in [0.29, 0.717) is 15.6 Å². The number of urea groups is 1. The van der Waals surface area contributed by atoms with Crippen LogP contribution in [0.3, 0.4) is 0 Å². The molecule has 0 atom stereocenters. The quantitative estimate of drug-likeness (QED) is 0.667. The minimum atomic E-state index is -0.469. The molecule has 1 aromatic carbocycles. The molecule has 1 N–H and O–H groups in total. The Hall–Kier alpha value is -2.24. The van der Waals surface area contributed by atoms with Crippen molar-refractivity contribution in [2.45, 2.75) is 13.5 Å². The van der Waals surface area contributed by atoms with Crippen LogP contribution in [0.1, 0.15) is 17.0 Å². The van der Waals surface area contributed by atoms with E-state index in [1.165, 1.54) is 0 Å². The maximum atomic E-state index is 12.5. The SMILES string of the molecule is Cc1ccc(/C=C2\NC(=O)N(Cc3ccc(Cl)cc3Cl)C2=O)n1C. The molecular formula is C17H15Cl2N3O2. The van der Waals surface area contributed by atoms with E-state index in [-0.39, 0.29) is 18.1 Å². The molecule has 0 aliphatic carbocycles. The highest BCUT2D eigenvalue weighted by Crippen LogP contribution is 2.24. The number of halogens is 2. The average molecular weight is 364 g/mol. The normalized spacial score (nSPS) is 16.2. The van der Waals surface area contributed by atoms with E-state index < -0.39 is 6.03 Å². The predicted molar refractivity (Wildman–Crippen MR) is 93.7 cm³/mol. The number of hydrogen-bond donors (Lipinski definition) is 1. The Morgan fingerprint density at radius 2 is 1.92 bits per heavy atom. The zero-order valence-corrected chi connectivity index (χ0v) is 14.6. The fourth-order valence-electron chi connectivity index (χ4n) is 2.46. The van der Waals surface area contributed by atoms with Gasteiger partial charge in [-0.1, -0.05) is 29.3 Å². The first-order chi connectivity index (χ1) is 11.4. The largest absolute Gasteiger partial charge is 0.348 e. The monoisotopic (exact) mass is 363 g/mol. The summed E-state index contributed by atoms with van der Waals surface area (Å²) in [4.78, 5) is 25.8. The number of carbonyl (C=O) groups excluding carboxylic acids is 2. The van der Waals surface area contributed by atoms with Gasteiger partial charge in [-0.05, 0) is 42.8 Å². The van der Waals surface area contributed by atoms with Gasteiger partial charge >= 0.3 is 6.03 Å². The lowest BCUT2D eigenvalue weighted by Gasteiger charge is -2.13. The number of nitrogens with one attached hydrogen (secondary N) is 1. The van der Waals surface area contributed by atoms with Gasteiger partial charge in [0.25, 0.3) is 5.91 Å². The molecule has 24 heavy (non-hydrogen) atoms. The van der Waals surface area contributed by atoms with E-state index in [0.717, 1.165) is 16.3 Å². The minimum absolute atomic E-state index is 0.0875. The highest BCUT2D eigenvalue weighted by molar-refractivity contribution is 6.35. The molecule has 7 heteroatoms. The van der Waals surface area contributed by atoms with Crippen LogP contribution in [-0.2, 0) is 18.4 Å². The van der Waals surface area contributed by atoms with Gasteiger partial charge in [-0.3, -0.25) is 9.69 Å². The molecular weight excluding hydrogens is 349 g/mol. The highest BCUT2D eigenvalue weighted by atomic mass is 35.5. The number of carbonyl (C=O) groups is 2. The van der Waals surface area contributed by atoms with Crippen molar-refractivity contribution in [2.75, 3.05) is 0 Å². The van der Waals surface area contributed by atoms with Crippen molar-refractivity contribution in [3.63, 3.8) is 0 Å². The molecule has 1 aliphatic rings. The van der Waals surface area contributed by atoms with Crippen molar-refractivity contribution < 1.29 is 9.59 Å². The van der Waals surface area contributed by atoms with Crippen LogP contribution >= 0.6 is 23.2 Å². The Balaban J connectivity index is 1.85. The molecule has 0 saturated carbocycles. The molecule has 0 unspecified atom stereocenters. The van der Waals surface area contributed by atoms with Crippen LogP contribution in [-0.4, -0.2) is 21.4 Å². The maximum Gasteiger partial charge on any atom is 0.329 e. The Kier molecular flexibility index (Phi) is 4.39. The average Bonchev–Trinajstić information content (AvgIpc) is 2.97. The lowest BCUT2D eigenvalue weighted by Crippen LogP contribution is -2.30. The van der Waals surface area contributed by atoms with Gasteiger partial charge in [0.05, 0.1) is 6.54 Å². The molecule has 1 aliphatic heterocycles. The maximum absolute atomic E-state index is 12.5. The Morgan fingerprint density at radius 3 is 2.54 bits per heavy atom. The standard InChI is InChI=1S/C17H15Cl2N3O2/c1-10-3-6-13(21(10)2)8-15-16(23)22(17(24)20-15)9-11-4-5-12(18)7-14(11)19/h3-8H,9H2,1-2H3,(H,20,24)/b15-8-. The van der Waals surface area contributed by atoms with E-state index in [9.17, 15) is 9.59 Å². The first-order valence-corrected chi connectivity index (χ1v) is 8.03. The van der Waals surface area contributed by atoms with Crippen molar-refractivity contribution >= 4 is 41.2 Å². The first-order valence-electron chi connectivity index (χ1n) is 7.27. The van der Waals surface area contributed by atoms with Crippen molar-refractivity contribution in [3.05, 3.63) is 63.0 Å². The second-order valence-electron chi connectivity index (χ2n) is 5.57. The third-order valence-corrected chi connectivity index (χ3v) is 4.60. The van der Waals surface area contributed by atoms with Gasteiger partial charge in [0.1, 0.15) is 5.70 Å². The Bertz CT molecular complexity index is 871. The summed E-state index contributed by atoms with van der Waals surface area (Å²) in [5.74, 6) is -0.384. The summed E-state index contributed by atoms with van der Waals surface area (Å²) in [6, 6.07) is 8.32. The summed E-state index contributed by atoms with van der Waals surface area (Å²) in [5.41, 5.74) is 2.79. The molecule has 124 valence electrons. The zero-order valence-electron chi connectivity index (χ0n) is 13.1. The molecule has 0 bridgehead atoms. The zero-order chi connectivity index (χ0) is 17.4. The van der Waals surface area contributed by atoms with Gasteiger partial charge in [-0.25, -0.2) is 4.79 Å². The molecule has 0 spiro atoms. The Labute approximate surface area is 149 Å². The molecule has 1 saturated heterocycles. The fourth-order valence-corrected chi connectivity index (χ4v) is 2.93. The number of imide groups is 1. The molecule has 0 radical (unpaired) electrons. The predicted octanol–water partition coefficient (Wildman–Crippen LogP) is 3.73. The third-order valence-electron chi connectivity index (χ3n) is 4.01. The highest BCUT2D eigenvalue weighted by Gasteiger charge is 2.34. The van der Waals surface area contributed by atoms with Crippen LogP contribution in [0.15, 0.2) is 36.0 Å². The molecule has 1 fully saturated rings. The summed E-state index contributed by atoms with van der Waals surface area (Å²) < 4.78 is 1.94. The van der Waals surface area contributed by atoms with Crippen LogP contribution in [0.5, 0.6) is 0 Å².